The van der Waals surface area contributed by atoms with Crippen molar-refractivity contribution < 1.29 is 32.9 Å². The van der Waals surface area contributed by atoms with Gasteiger partial charge >= 0.3 is 5.97 Å². The van der Waals surface area contributed by atoms with Gasteiger partial charge in [0.15, 0.2) is 0 Å². The average Bonchev–Trinajstić information content (AvgIpc) is 3.04. The molecule has 13 heteroatoms. The predicted octanol–water partition coefficient (Wildman–Crippen LogP) is 3.62. The molecule has 1 N–H and O–H groups in total. The van der Waals surface area contributed by atoms with E-state index in [4.69, 9.17) is 23.7 Å². The standard InChI is InChI=1S/C34H53FN6O6/c1-34(2,3)47-33(42)9-16-43-18-20-45-22-23-46-21-19-44-17-15-39-11-13-40(14-12-39)32-25-31(36-27-37-32)38-29-7-5-10-41(26-29)30-8-4-6-28(35)24-30/h4,6,8,24-25,27,29H,5,7,9-23,26H2,1-3H3,(H,36,37,38)/t29-/m1/s1. The Labute approximate surface area is 278 Å². The molecule has 0 bridgehead atoms. The van der Waals surface area contributed by atoms with Gasteiger partial charge in [0.1, 0.15) is 29.4 Å². The molecular weight excluding hydrogens is 607 g/mol. The second-order valence-electron chi connectivity index (χ2n) is 12.8. The molecule has 2 aromatic rings. The van der Waals surface area contributed by atoms with E-state index in [1.54, 1.807) is 18.5 Å². The minimum absolute atomic E-state index is 0.205. The number of esters is 1. The van der Waals surface area contributed by atoms with E-state index >= 15 is 0 Å². The van der Waals surface area contributed by atoms with Gasteiger partial charge in [-0.2, -0.15) is 0 Å². The molecule has 2 fully saturated rings. The van der Waals surface area contributed by atoms with Crippen LogP contribution in [0, 0.1) is 5.82 Å². The largest absolute Gasteiger partial charge is 0.460 e. The van der Waals surface area contributed by atoms with Crippen molar-refractivity contribution in [2.75, 3.05) is 114 Å². The third kappa shape index (κ3) is 14.3. The maximum atomic E-state index is 13.7. The highest BCUT2D eigenvalue weighted by Gasteiger charge is 2.22. The fraction of sp³-hybridized carbons (Fsp3) is 0.676. The van der Waals surface area contributed by atoms with Crippen molar-refractivity contribution in [3.05, 3.63) is 42.5 Å². The van der Waals surface area contributed by atoms with Crippen molar-refractivity contribution in [2.45, 2.75) is 51.7 Å². The molecule has 2 aliphatic rings. The van der Waals surface area contributed by atoms with Gasteiger partial charge in [-0.3, -0.25) is 9.69 Å². The summed E-state index contributed by atoms with van der Waals surface area (Å²) in [6.45, 7) is 15.7. The molecule has 1 aromatic carbocycles. The van der Waals surface area contributed by atoms with E-state index in [1.807, 2.05) is 32.9 Å². The zero-order valence-corrected chi connectivity index (χ0v) is 28.3. The summed E-state index contributed by atoms with van der Waals surface area (Å²) < 4.78 is 41.2. The summed E-state index contributed by atoms with van der Waals surface area (Å²) in [6, 6.07) is 9.09. The molecule has 2 aliphatic heterocycles. The van der Waals surface area contributed by atoms with Crippen molar-refractivity contribution in [2.24, 2.45) is 0 Å². The third-order valence-electron chi connectivity index (χ3n) is 7.83. The Morgan fingerprint density at radius 2 is 1.55 bits per heavy atom. The summed E-state index contributed by atoms with van der Waals surface area (Å²) in [7, 11) is 0. The van der Waals surface area contributed by atoms with Gasteiger partial charge < -0.3 is 38.8 Å². The number of rotatable bonds is 19. The molecule has 3 heterocycles. The molecule has 262 valence electrons. The van der Waals surface area contributed by atoms with E-state index in [0.29, 0.717) is 52.9 Å². The second kappa shape index (κ2) is 19.7. The van der Waals surface area contributed by atoms with Crippen molar-refractivity contribution in [3.63, 3.8) is 0 Å². The van der Waals surface area contributed by atoms with Gasteiger partial charge in [0.2, 0.25) is 0 Å². The molecule has 4 rings (SSSR count). The number of piperazine rings is 1. The fourth-order valence-corrected chi connectivity index (χ4v) is 5.51. The highest BCUT2D eigenvalue weighted by atomic mass is 19.1. The van der Waals surface area contributed by atoms with Crippen molar-refractivity contribution in [1.82, 2.24) is 14.9 Å². The Morgan fingerprint density at radius 1 is 0.872 bits per heavy atom. The van der Waals surface area contributed by atoms with E-state index in [1.165, 1.54) is 6.07 Å². The molecule has 2 saturated heterocycles. The molecule has 1 aromatic heterocycles. The van der Waals surface area contributed by atoms with E-state index in [0.717, 1.165) is 76.0 Å². The number of carbonyl (C=O) groups excluding carboxylic acids is 1. The number of nitrogens with zero attached hydrogens (tertiary/aromatic N) is 5. The summed E-state index contributed by atoms with van der Waals surface area (Å²) in [5, 5.41) is 3.58. The minimum Gasteiger partial charge on any atom is -0.460 e. The molecule has 0 saturated carbocycles. The third-order valence-corrected chi connectivity index (χ3v) is 7.83. The lowest BCUT2D eigenvalue weighted by atomic mass is 10.0. The Kier molecular flexibility index (Phi) is 15.4. The van der Waals surface area contributed by atoms with Gasteiger partial charge in [0.25, 0.3) is 0 Å². The summed E-state index contributed by atoms with van der Waals surface area (Å²) in [6.07, 6.45) is 3.95. The Bertz CT molecular complexity index is 1200. The van der Waals surface area contributed by atoms with Crippen LogP contribution in [0.1, 0.15) is 40.0 Å². The van der Waals surface area contributed by atoms with Crippen LogP contribution in [0.5, 0.6) is 0 Å². The van der Waals surface area contributed by atoms with Crippen LogP contribution in [0.4, 0.5) is 21.7 Å². The highest BCUT2D eigenvalue weighted by molar-refractivity contribution is 5.69. The molecule has 0 aliphatic carbocycles. The van der Waals surface area contributed by atoms with Gasteiger partial charge in [-0.25, -0.2) is 14.4 Å². The lowest BCUT2D eigenvalue weighted by molar-refractivity contribution is -0.156. The Balaban J connectivity index is 0.992. The first-order valence-corrected chi connectivity index (χ1v) is 16.8. The molecular formula is C34H53FN6O6. The first kappa shape index (κ1) is 36.7. The summed E-state index contributed by atoms with van der Waals surface area (Å²) in [5.41, 5.74) is 0.450. The molecule has 1 atom stereocenters. The Hall–Kier alpha value is -3.10. The smallest absolute Gasteiger partial charge is 0.308 e. The number of carbonyl (C=O) groups is 1. The van der Waals surface area contributed by atoms with E-state index in [2.05, 4.69) is 30.0 Å². The zero-order chi connectivity index (χ0) is 33.3. The number of anilines is 3. The maximum absolute atomic E-state index is 13.7. The second-order valence-corrected chi connectivity index (χ2v) is 12.8. The summed E-state index contributed by atoms with van der Waals surface area (Å²) >= 11 is 0. The van der Waals surface area contributed by atoms with Crippen molar-refractivity contribution in [3.8, 4) is 0 Å². The van der Waals surface area contributed by atoms with Gasteiger partial charge in [0.05, 0.1) is 59.3 Å². The van der Waals surface area contributed by atoms with Crippen LogP contribution in [0.3, 0.4) is 0 Å². The normalized spacial score (nSPS) is 17.6. The summed E-state index contributed by atoms with van der Waals surface area (Å²) in [4.78, 5) is 27.6. The maximum Gasteiger partial charge on any atom is 0.308 e. The number of halogens is 1. The lowest BCUT2D eigenvalue weighted by Gasteiger charge is -2.36. The first-order chi connectivity index (χ1) is 22.7. The van der Waals surface area contributed by atoms with E-state index in [9.17, 15) is 9.18 Å². The Morgan fingerprint density at radius 3 is 2.23 bits per heavy atom. The quantitative estimate of drug-likeness (QED) is 0.176. The predicted molar refractivity (Wildman–Crippen MR) is 180 cm³/mol. The van der Waals surface area contributed by atoms with Gasteiger partial charge in [-0.1, -0.05) is 6.07 Å². The minimum atomic E-state index is -0.473. The molecule has 47 heavy (non-hydrogen) atoms. The number of benzene rings is 1. The monoisotopic (exact) mass is 660 g/mol. The number of piperidine rings is 1. The van der Waals surface area contributed by atoms with Crippen LogP contribution in [-0.4, -0.2) is 131 Å². The summed E-state index contributed by atoms with van der Waals surface area (Å²) in [5.74, 6) is 1.30. The van der Waals surface area contributed by atoms with Crippen molar-refractivity contribution in [1.29, 1.82) is 0 Å². The van der Waals surface area contributed by atoms with Gasteiger partial charge in [-0.15, -0.1) is 0 Å². The number of nitrogens with one attached hydrogen (secondary N) is 1. The van der Waals surface area contributed by atoms with Crippen LogP contribution in [0.2, 0.25) is 0 Å². The molecule has 0 spiro atoms. The van der Waals surface area contributed by atoms with E-state index < -0.39 is 5.60 Å². The van der Waals surface area contributed by atoms with Crippen molar-refractivity contribution >= 4 is 23.3 Å². The van der Waals surface area contributed by atoms with Crippen LogP contribution in [0.15, 0.2) is 36.7 Å². The number of ether oxygens (including phenoxy) is 5. The fourth-order valence-electron chi connectivity index (χ4n) is 5.51. The molecule has 0 amide bonds. The van der Waals surface area contributed by atoms with Crippen LogP contribution in [0.25, 0.3) is 0 Å². The topological polar surface area (TPSA) is 111 Å². The lowest BCUT2D eigenvalue weighted by Crippen LogP contribution is -2.47. The van der Waals surface area contributed by atoms with Crippen LogP contribution in [-0.2, 0) is 28.5 Å². The first-order valence-electron chi connectivity index (χ1n) is 16.8. The zero-order valence-electron chi connectivity index (χ0n) is 28.3. The number of hydrogen-bond acceptors (Lipinski definition) is 12. The van der Waals surface area contributed by atoms with Gasteiger partial charge in [0, 0.05) is 63.6 Å². The SMILES string of the molecule is CC(C)(C)OC(=O)CCOCCOCCOCCOCCN1CCN(c2cc(N[C@@H]3CCCN(c4cccc(F)c4)C3)ncn2)CC1. The molecule has 0 radical (unpaired) electrons. The van der Waals surface area contributed by atoms with Crippen LogP contribution >= 0.6 is 0 Å². The van der Waals surface area contributed by atoms with Gasteiger partial charge in [-0.05, 0) is 51.8 Å². The number of aromatic nitrogens is 2. The van der Waals surface area contributed by atoms with Crippen LogP contribution < -0.4 is 15.1 Å². The number of hydrogen-bond donors (Lipinski definition) is 1. The molecule has 12 nitrogen and oxygen atoms in total. The molecule has 0 unspecified atom stereocenters. The van der Waals surface area contributed by atoms with E-state index in [-0.39, 0.29) is 24.2 Å². The average molecular weight is 661 g/mol. The highest BCUT2D eigenvalue weighted by Crippen LogP contribution is 2.23.